The minimum absolute atomic E-state index is 0.0489. The van der Waals surface area contributed by atoms with E-state index in [-0.39, 0.29) is 12.5 Å². The number of nitrogens with zero attached hydrogens (tertiary/aromatic N) is 1. The highest BCUT2D eigenvalue weighted by Gasteiger charge is 2.11. The zero-order chi connectivity index (χ0) is 13.8. The van der Waals surface area contributed by atoms with E-state index in [1.54, 1.807) is 6.07 Å². The van der Waals surface area contributed by atoms with Crippen LogP contribution in [0.25, 0.3) is 0 Å². The third-order valence-electron chi connectivity index (χ3n) is 2.59. The van der Waals surface area contributed by atoms with Crippen molar-refractivity contribution >= 4 is 27.5 Å². The van der Waals surface area contributed by atoms with Crippen LogP contribution < -0.4 is 10.1 Å². The number of rotatable bonds is 4. The molecule has 2 N–H and O–H groups in total. The summed E-state index contributed by atoms with van der Waals surface area (Å²) in [5.74, 6) is 0.418. The van der Waals surface area contributed by atoms with Crippen molar-refractivity contribution in [2.24, 2.45) is 0 Å². The first-order valence-electron chi connectivity index (χ1n) is 5.76. The second-order valence-corrected chi connectivity index (χ2v) is 4.93. The fourth-order valence-corrected chi connectivity index (χ4v) is 2.01. The number of aromatic amines is 1. The number of para-hydroxylation sites is 1. The van der Waals surface area contributed by atoms with E-state index in [4.69, 9.17) is 4.74 Å². The van der Waals surface area contributed by atoms with E-state index < -0.39 is 0 Å². The second-order valence-electron chi connectivity index (χ2n) is 4.08. The summed E-state index contributed by atoms with van der Waals surface area (Å²) in [5, 5.41) is 9.60. The number of carbonyl (C=O) groups is 1. The molecule has 0 aliphatic heterocycles. The summed E-state index contributed by atoms with van der Waals surface area (Å²) in [6.45, 7) is 3.63. The molecule has 0 radical (unpaired) electrons. The van der Waals surface area contributed by atoms with Crippen molar-refractivity contribution in [1.82, 2.24) is 10.2 Å². The molecule has 0 spiro atoms. The van der Waals surface area contributed by atoms with Crippen LogP contribution in [0.3, 0.4) is 0 Å². The molecule has 6 heteroatoms. The first-order valence-corrected chi connectivity index (χ1v) is 6.56. The number of halogens is 1. The first-order chi connectivity index (χ1) is 9.08. The van der Waals surface area contributed by atoms with Gasteiger partial charge in [-0.25, -0.2) is 0 Å². The fourth-order valence-electron chi connectivity index (χ4n) is 1.62. The number of aryl methyl sites for hydroxylation is 2. The molecule has 5 nitrogen and oxygen atoms in total. The highest BCUT2D eigenvalue weighted by Crippen LogP contribution is 2.23. The van der Waals surface area contributed by atoms with Crippen molar-refractivity contribution in [3.63, 3.8) is 0 Å². The van der Waals surface area contributed by atoms with E-state index in [1.807, 2.05) is 32.0 Å². The van der Waals surface area contributed by atoms with Crippen LogP contribution in [0.4, 0.5) is 5.69 Å². The van der Waals surface area contributed by atoms with Crippen LogP contribution in [0.5, 0.6) is 5.75 Å². The number of hydrogen-bond acceptors (Lipinski definition) is 3. The zero-order valence-electron chi connectivity index (χ0n) is 10.7. The number of aromatic nitrogens is 2. The normalized spacial score (nSPS) is 10.3. The maximum absolute atomic E-state index is 11.8. The van der Waals surface area contributed by atoms with E-state index >= 15 is 0 Å². The van der Waals surface area contributed by atoms with Gasteiger partial charge in [0, 0.05) is 0 Å². The standard InChI is InChI=1S/C13H14BrN3O2/c1-8-13(9(2)17-16-8)15-12(18)7-19-11-6-4-3-5-10(11)14/h3-6H,7H2,1-2H3,(H,15,18)(H,16,17). The Balaban J connectivity index is 1.94. The SMILES string of the molecule is Cc1n[nH]c(C)c1NC(=O)COc1ccccc1Br. The number of benzene rings is 1. The summed E-state index contributed by atoms with van der Waals surface area (Å²) in [6.07, 6.45) is 0. The molecule has 100 valence electrons. The molecule has 0 fully saturated rings. The highest BCUT2D eigenvalue weighted by molar-refractivity contribution is 9.10. The third kappa shape index (κ3) is 3.35. The maximum Gasteiger partial charge on any atom is 0.262 e. The molecule has 0 unspecified atom stereocenters. The monoisotopic (exact) mass is 323 g/mol. The summed E-state index contributed by atoms with van der Waals surface area (Å²) in [4.78, 5) is 11.8. The van der Waals surface area contributed by atoms with Crippen LogP contribution in [0.1, 0.15) is 11.4 Å². The Morgan fingerprint density at radius 2 is 2.16 bits per heavy atom. The average Bonchev–Trinajstić information content (AvgIpc) is 2.70. The van der Waals surface area contributed by atoms with Crippen molar-refractivity contribution < 1.29 is 9.53 Å². The molecular formula is C13H14BrN3O2. The lowest BCUT2D eigenvalue weighted by atomic mass is 10.3. The molecule has 0 aliphatic rings. The van der Waals surface area contributed by atoms with E-state index in [2.05, 4.69) is 31.4 Å². The van der Waals surface area contributed by atoms with Crippen molar-refractivity contribution in [2.45, 2.75) is 13.8 Å². The Morgan fingerprint density at radius 1 is 1.42 bits per heavy atom. The van der Waals surface area contributed by atoms with E-state index in [0.717, 1.165) is 15.9 Å². The minimum atomic E-state index is -0.219. The Labute approximate surface area is 119 Å². The Hall–Kier alpha value is -1.82. The van der Waals surface area contributed by atoms with Gasteiger partial charge in [0.1, 0.15) is 5.75 Å². The molecule has 19 heavy (non-hydrogen) atoms. The Morgan fingerprint density at radius 3 is 2.79 bits per heavy atom. The molecule has 0 atom stereocenters. The van der Waals surface area contributed by atoms with Gasteiger partial charge in [-0.15, -0.1) is 0 Å². The van der Waals surface area contributed by atoms with Gasteiger partial charge in [-0.05, 0) is 41.9 Å². The number of nitrogens with one attached hydrogen (secondary N) is 2. The largest absolute Gasteiger partial charge is 0.483 e. The summed E-state index contributed by atoms with van der Waals surface area (Å²) >= 11 is 3.36. The molecule has 1 heterocycles. The number of hydrogen-bond donors (Lipinski definition) is 2. The van der Waals surface area contributed by atoms with Crippen molar-refractivity contribution in [3.05, 3.63) is 40.1 Å². The summed E-state index contributed by atoms with van der Waals surface area (Å²) in [6, 6.07) is 7.39. The van der Waals surface area contributed by atoms with Crippen LogP contribution >= 0.6 is 15.9 Å². The number of H-pyrrole nitrogens is 1. The van der Waals surface area contributed by atoms with Gasteiger partial charge < -0.3 is 10.1 Å². The average molecular weight is 324 g/mol. The molecule has 1 aromatic carbocycles. The first kappa shape index (κ1) is 13.6. The summed E-state index contributed by atoms with van der Waals surface area (Å²) < 4.78 is 6.26. The second kappa shape index (κ2) is 5.88. The molecule has 0 bridgehead atoms. The number of carbonyl (C=O) groups excluding carboxylic acids is 1. The number of ether oxygens (including phenoxy) is 1. The molecular weight excluding hydrogens is 310 g/mol. The van der Waals surface area contributed by atoms with E-state index in [0.29, 0.717) is 11.4 Å². The van der Waals surface area contributed by atoms with Gasteiger partial charge in [-0.2, -0.15) is 5.10 Å². The number of amides is 1. The summed E-state index contributed by atoms with van der Waals surface area (Å²) in [5.41, 5.74) is 2.29. The molecule has 2 rings (SSSR count). The van der Waals surface area contributed by atoms with Gasteiger partial charge in [-0.1, -0.05) is 12.1 Å². The van der Waals surface area contributed by atoms with E-state index in [1.165, 1.54) is 0 Å². The lowest BCUT2D eigenvalue weighted by molar-refractivity contribution is -0.118. The predicted octanol–water partition coefficient (Wildman–Crippen LogP) is 2.81. The lowest BCUT2D eigenvalue weighted by Gasteiger charge is -2.08. The van der Waals surface area contributed by atoms with Crippen LogP contribution in [0.2, 0.25) is 0 Å². The van der Waals surface area contributed by atoms with Gasteiger partial charge in [0.2, 0.25) is 0 Å². The smallest absolute Gasteiger partial charge is 0.262 e. The van der Waals surface area contributed by atoms with Gasteiger partial charge in [0.25, 0.3) is 5.91 Å². The molecule has 0 aliphatic carbocycles. The molecule has 0 saturated heterocycles. The van der Waals surface area contributed by atoms with Crippen molar-refractivity contribution in [1.29, 1.82) is 0 Å². The van der Waals surface area contributed by atoms with Crippen LogP contribution in [0.15, 0.2) is 28.7 Å². The fraction of sp³-hybridized carbons (Fsp3) is 0.231. The summed E-state index contributed by atoms with van der Waals surface area (Å²) in [7, 11) is 0. The maximum atomic E-state index is 11.8. The molecule has 1 aromatic heterocycles. The van der Waals surface area contributed by atoms with Gasteiger partial charge in [0.15, 0.2) is 6.61 Å². The molecule has 1 amide bonds. The molecule has 2 aromatic rings. The predicted molar refractivity (Wildman–Crippen MR) is 76.3 cm³/mol. The third-order valence-corrected chi connectivity index (χ3v) is 3.24. The quantitative estimate of drug-likeness (QED) is 0.909. The van der Waals surface area contributed by atoms with Crippen LogP contribution in [0, 0.1) is 13.8 Å². The highest BCUT2D eigenvalue weighted by atomic mass is 79.9. The lowest BCUT2D eigenvalue weighted by Crippen LogP contribution is -2.20. The zero-order valence-corrected chi connectivity index (χ0v) is 12.2. The Kier molecular flexibility index (Phi) is 4.21. The van der Waals surface area contributed by atoms with Crippen LogP contribution in [-0.4, -0.2) is 22.7 Å². The van der Waals surface area contributed by atoms with Gasteiger partial charge >= 0.3 is 0 Å². The Bertz CT molecular complexity index is 576. The van der Waals surface area contributed by atoms with E-state index in [9.17, 15) is 4.79 Å². The van der Waals surface area contributed by atoms with Crippen molar-refractivity contribution in [3.8, 4) is 5.75 Å². The topological polar surface area (TPSA) is 67.0 Å². The molecule has 0 saturated carbocycles. The van der Waals surface area contributed by atoms with Gasteiger partial charge in [-0.3, -0.25) is 9.89 Å². The minimum Gasteiger partial charge on any atom is -0.483 e. The van der Waals surface area contributed by atoms with Gasteiger partial charge in [0.05, 0.1) is 21.5 Å². The van der Waals surface area contributed by atoms with Crippen LogP contribution in [-0.2, 0) is 4.79 Å². The number of anilines is 1. The van der Waals surface area contributed by atoms with Crippen molar-refractivity contribution in [2.75, 3.05) is 11.9 Å².